The highest BCUT2D eigenvalue weighted by atomic mass is 16.5. The van der Waals surface area contributed by atoms with Gasteiger partial charge in [-0.25, -0.2) is 4.79 Å². The summed E-state index contributed by atoms with van der Waals surface area (Å²) in [4.78, 5) is 47.9. The number of carbonyl (C=O) groups is 2. The quantitative estimate of drug-likeness (QED) is 0.398. The second-order valence-electron chi connectivity index (χ2n) is 5.86. The van der Waals surface area contributed by atoms with Gasteiger partial charge in [-0.1, -0.05) is 39.0 Å². The van der Waals surface area contributed by atoms with Gasteiger partial charge in [0.15, 0.2) is 18.8 Å². The van der Waals surface area contributed by atoms with Crippen molar-refractivity contribution in [3.05, 3.63) is 32.6 Å². The van der Waals surface area contributed by atoms with Crippen molar-refractivity contribution >= 4 is 12.6 Å². The molecule has 0 aromatic carbocycles. The molecule has 8 heteroatoms. The van der Waals surface area contributed by atoms with Crippen molar-refractivity contribution in [1.29, 1.82) is 0 Å². The van der Waals surface area contributed by atoms with Crippen LogP contribution in [0.25, 0.3) is 0 Å². The number of H-pyrrole nitrogens is 1. The number of nitrogens with zero attached hydrogens (tertiary/aromatic N) is 1. The lowest BCUT2D eigenvalue weighted by Gasteiger charge is -2.18. The smallest absolute Gasteiger partial charge is 0.330 e. The lowest BCUT2D eigenvalue weighted by Crippen LogP contribution is -2.37. The summed E-state index contributed by atoms with van der Waals surface area (Å²) in [5, 5.41) is 8.97. The van der Waals surface area contributed by atoms with E-state index in [1.165, 1.54) is 12.6 Å². The molecule has 0 radical (unpaired) electrons. The van der Waals surface area contributed by atoms with Crippen LogP contribution in [0.1, 0.15) is 57.2 Å². The summed E-state index contributed by atoms with van der Waals surface area (Å²) in [6.45, 7) is 1.52. The van der Waals surface area contributed by atoms with Gasteiger partial charge in [0.25, 0.3) is 5.56 Å². The minimum absolute atomic E-state index is 0.334. The van der Waals surface area contributed by atoms with E-state index in [0.29, 0.717) is 24.6 Å². The Morgan fingerprint density at radius 1 is 1.16 bits per heavy atom. The molecular weight excluding hydrogens is 328 g/mol. The van der Waals surface area contributed by atoms with Crippen LogP contribution in [0.2, 0.25) is 0 Å². The lowest BCUT2D eigenvalue weighted by molar-refractivity contribution is -0.140. The highest BCUT2D eigenvalue weighted by Gasteiger charge is 2.19. The molecule has 0 aliphatic rings. The molecule has 8 nitrogen and oxygen atoms in total. The molecular formula is C17H26N2O6. The number of aromatic nitrogens is 2. The second-order valence-corrected chi connectivity index (χ2v) is 5.86. The van der Waals surface area contributed by atoms with E-state index in [1.807, 2.05) is 0 Å². The minimum Gasteiger partial charge on any atom is -0.393 e. The van der Waals surface area contributed by atoms with E-state index >= 15 is 0 Å². The zero-order valence-electron chi connectivity index (χ0n) is 14.5. The molecule has 1 heterocycles. The number of ether oxygens (including phenoxy) is 1. The highest BCUT2D eigenvalue weighted by Crippen LogP contribution is 2.09. The van der Waals surface area contributed by atoms with E-state index in [4.69, 9.17) is 9.84 Å². The molecule has 0 saturated carbocycles. The van der Waals surface area contributed by atoms with Crippen LogP contribution in [-0.2, 0) is 20.7 Å². The summed E-state index contributed by atoms with van der Waals surface area (Å²) in [6, 6.07) is 0. The number of aldehydes is 2. The summed E-state index contributed by atoms with van der Waals surface area (Å²) in [5.41, 5.74) is -0.929. The first-order chi connectivity index (χ1) is 12.1. The number of unbranched alkanes of at least 4 members (excludes halogenated alkanes) is 5. The van der Waals surface area contributed by atoms with E-state index in [9.17, 15) is 19.2 Å². The standard InChI is InChI=1S/C17H26N2O6/c1-2-3-4-5-6-7-8-13-9-19(17(24)18-16(13)23)15(12-22)25-14(10-20)11-21/h9-10,12,14-15,21H,2-8,11H2,1H3,(H,18,23,24). The van der Waals surface area contributed by atoms with Gasteiger partial charge in [0.1, 0.15) is 6.10 Å². The third-order valence-corrected chi connectivity index (χ3v) is 3.88. The molecule has 2 atom stereocenters. The largest absolute Gasteiger partial charge is 0.393 e. The van der Waals surface area contributed by atoms with Gasteiger partial charge in [0.05, 0.1) is 6.61 Å². The Balaban J connectivity index is 2.83. The summed E-state index contributed by atoms with van der Waals surface area (Å²) < 4.78 is 6.01. The predicted octanol–water partition coefficient (Wildman–Crippen LogP) is 0.713. The maximum absolute atomic E-state index is 11.9. The highest BCUT2D eigenvalue weighted by molar-refractivity contribution is 5.58. The van der Waals surface area contributed by atoms with Gasteiger partial charge in [0, 0.05) is 11.8 Å². The normalized spacial score (nSPS) is 13.4. The van der Waals surface area contributed by atoms with Crippen LogP contribution in [0, 0.1) is 0 Å². The molecule has 0 amide bonds. The molecule has 0 fully saturated rings. The minimum atomic E-state index is -1.39. The van der Waals surface area contributed by atoms with Crippen LogP contribution in [0.4, 0.5) is 0 Å². The number of aromatic amines is 1. The molecule has 0 aliphatic heterocycles. The molecule has 140 valence electrons. The van der Waals surface area contributed by atoms with Crippen LogP contribution in [0.5, 0.6) is 0 Å². The zero-order chi connectivity index (χ0) is 18.7. The molecule has 0 bridgehead atoms. The maximum Gasteiger partial charge on any atom is 0.330 e. The van der Waals surface area contributed by atoms with Gasteiger partial charge in [-0.2, -0.15) is 0 Å². The number of aryl methyl sites for hydroxylation is 1. The van der Waals surface area contributed by atoms with Gasteiger partial charge in [0.2, 0.25) is 0 Å². The Hall–Kier alpha value is -2.06. The Labute approximate surface area is 145 Å². The summed E-state index contributed by atoms with van der Waals surface area (Å²) in [5.74, 6) is 0. The molecule has 1 rings (SSSR count). The molecule has 1 aromatic rings. The summed E-state index contributed by atoms with van der Waals surface area (Å²) in [6.07, 6.45) is 6.17. The number of nitrogens with one attached hydrogen (secondary N) is 1. The lowest BCUT2D eigenvalue weighted by atomic mass is 10.1. The Kier molecular flexibility index (Phi) is 9.64. The van der Waals surface area contributed by atoms with E-state index in [-0.39, 0.29) is 0 Å². The first-order valence-corrected chi connectivity index (χ1v) is 8.58. The molecule has 1 aromatic heterocycles. The number of aliphatic hydroxyl groups is 1. The van der Waals surface area contributed by atoms with Crippen LogP contribution in [-0.4, -0.2) is 39.9 Å². The second kappa shape index (κ2) is 11.5. The van der Waals surface area contributed by atoms with Crippen molar-refractivity contribution < 1.29 is 19.4 Å². The van der Waals surface area contributed by atoms with Gasteiger partial charge in [-0.3, -0.25) is 19.1 Å². The van der Waals surface area contributed by atoms with Gasteiger partial charge < -0.3 is 14.6 Å². The average molecular weight is 354 g/mol. The first-order valence-electron chi connectivity index (χ1n) is 8.58. The number of hydrogen-bond acceptors (Lipinski definition) is 6. The molecule has 2 N–H and O–H groups in total. The zero-order valence-corrected chi connectivity index (χ0v) is 14.5. The molecule has 0 saturated heterocycles. The van der Waals surface area contributed by atoms with E-state index < -0.39 is 30.2 Å². The van der Waals surface area contributed by atoms with E-state index in [2.05, 4.69) is 11.9 Å². The number of rotatable bonds is 13. The van der Waals surface area contributed by atoms with Crippen molar-refractivity contribution in [1.82, 2.24) is 9.55 Å². The fourth-order valence-electron chi connectivity index (χ4n) is 2.45. The first kappa shape index (κ1) is 21.0. The molecule has 0 aliphatic carbocycles. The van der Waals surface area contributed by atoms with Gasteiger partial charge in [-0.15, -0.1) is 0 Å². The number of aliphatic hydroxyl groups excluding tert-OH is 1. The topological polar surface area (TPSA) is 118 Å². The Morgan fingerprint density at radius 2 is 1.84 bits per heavy atom. The van der Waals surface area contributed by atoms with Crippen LogP contribution in [0.15, 0.2) is 15.8 Å². The van der Waals surface area contributed by atoms with E-state index in [0.717, 1.165) is 36.7 Å². The van der Waals surface area contributed by atoms with Crippen molar-refractivity contribution in [3.8, 4) is 0 Å². The molecule has 2 unspecified atom stereocenters. The predicted molar refractivity (Wildman–Crippen MR) is 91.5 cm³/mol. The number of carbonyl (C=O) groups excluding carboxylic acids is 2. The van der Waals surface area contributed by atoms with Crippen molar-refractivity contribution in [3.63, 3.8) is 0 Å². The molecule has 25 heavy (non-hydrogen) atoms. The van der Waals surface area contributed by atoms with E-state index in [1.54, 1.807) is 0 Å². The van der Waals surface area contributed by atoms with Gasteiger partial charge >= 0.3 is 5.69 Å². The van der Waals surface area contributed by atoms with Crippen LogP contribution >= 0.6 is 0 Å². The number of hydrogen-bond donors (Lipinski definition) is 2. The van der Waals surface area contributed by atoms with Gasteiger partial charge in [-0.05, 0) is 12.8 Å². The Bertz CT molecular complexity index is 651. The fraction of sp³-hybridized carbons (Fsp3) is 0.647. The van der Waals surface area contributed by atoms with Crippen LogP contribution in [0.3, 0.4) is 0 Å². The van der Waals surface area contributed by atoms with Crippen molar-refractivity contribution in [2.75, 3.05) is 6.61 Å². The van der Waals surface area contributed by atoms with Crippen molar-refractivity contribution in [2.45, 2.75) is 64.2 Å². The molecule has 0 spiro atoms. The van der Waals surface area contributed by atoms with Crippen molar-refractivity contribution in [2.24, 2.45) is 0 Å². The SMILES string of the molecule is CCCCCCCCc1cn(C(C=O)OC(C=O)CO)c(=O)[nH]c1=O. The Morgan fingerprint density at radius 3 is 2.44 bits per heavy atom. The summed E-state index contributed by atoms with van der Waals surface area (Å²) >= 11 is 0. The van der Waals surface area contributed by atoms with Crippen LogP contribution < -0.4 is 11.2 Å². The average Bonchev–Trinajstić information content (AvgIpc) is 2.61. The maximum atomic E-state index is 11.9. The summed E-state index contributed by atoms with van der Waals surface area (Å²) in [7, 11) is 0. The fourth-order valence-corrected chi connectivity index (χ4v) is 2.45. The third-order valence-electron chi connectivity index (χ3n) is 3.88. The monoisotopic (exact) mass is 354 g/mol. The third kappa shape index (κ3) is 6.75.